The first-order valence-corrected chi connectivity index (χ1v) is 9.57. The first-order valence-electron chi connectivity index (χ1n) is 9.57. The molecule has 0 heterocycles. The Morgan fingerprint density at radius 2 is 1.70 bits per heavy atom. The van der Waals surface area contributed by atoms with E-state index in [4.69, 9.17) is 10.5 Å². The van der Waals surface area contributed by atoms with Gasteiger partial charge in [-0.25, -0.2) is 0 Å². The molecule has 27 heavy (non-hydrogen) atoms. The molecule has 2 aromatic rings. The summed E-state index contributed by atoms with van der Waals surface area (Å²) < 4.78 is 5.78. The SMILES string of the molecule is CCN(CC)CCOc1ccc(CNC(=O)C(N)c2ccc(C)cc2)cc1. The number of likely N-dealkylation sites (N-methyl/N-ethyl adjacent to an activating group) is 1. The Morgan fingerprint density at radius 3 is 2.30 bits per heavy atom. The summed E-state index contributed by atoms with van der Waals surface area (Å²) in [5, 5.41) is 2.89. The number of aryl methyl sites for hydroxylation is 1. The van der Waals surface area contributed by atoms with Gasteiger partial charge in [0, 0.05) is 13.1 Å². The van der Waals surface area contributed by atoms with Gasteiger partial charge in [-0.15, -0.1) is 0 Å². The summed E-state index contributed by atoms with van der Waals surface area (Å²) in [6.07, 6.45) is 0. The molecule has 0 bridgehead atoms. The van der Waals surface area contributed by atoms with Crippen molar-refractivity contribution in [2.24, 2.45) is 5.73 Å². The number of carbonyl (C=O) groups is 1. The quantitative estimate of drug-likeness (QED) is 0.675. The van der Waals surface area contributed by atoms with Crippen LogP contribution in [0.25, 0.3) is 0 Å². The van der Waals surface area contributed by atoms with Crippen LogP contribution in [0.4, 0.5) is 0 Å². The number of nitrogens with two attached hydrogens (primary N) is 1. The van der Waals surface area contributed by atoms with Gasteiger partial charge in [-0.2, -0.15) is 0 Å². The van der Waals surface area contributed by atoms with E-state index in [9.17, 15) is 4.79 Å². The van der Waals surface area contributed by atoms with Gasteiger partial charge in [0.15, 0.2) is 0 Å². The Kier molecular flexibility index (Phi) is 8.30. The minimum Gasteiger partial charge on any atom is -0.492 e. The van der Waals surface area contributed by atoms with Crippen LogP contribution >= 0.6 is 0 Å². The van der Waals surface area contributed by atoms with E-state index in [1.165, 1.54) is 0 Å². The second-order valence-electron chi connectivity index (χ2n) is 6.63. The van der Waals surface area contributed by atoms with Gasteiger partial charge < -0.3 is 20.7 Å². The first-order chi connectivity index (χ1) is 13.0. The molecule has 2 aromatic carbocycles. The van der Waals surface area contributed by atoms with Crippen molar-refractivity contribution >= 4 is 5.91 Å². The zero-order valence-electron chi connectivity index (χ0n) is 16.6. The van der Waals surface area contributed by atoms with E-state index in [1.807, 2.05) is 55.5 Å². The number of hydrogen-bond donors (Lipinski definition) is 2. The Morgan fingerprint density at radius 1 is 1.07 bits per heavy atom. The Balaban J connectivity index is 1.78. The zero-order valence-corrected chi connectivity index (χ0v) is 16.6. The molecule has 0 aliphatic heterocycles. The molecule has 0 aromatic heterocycles. The summed E-state index contributed by atoms with van der Waals surface area (Å²) in [6.45, 7) is 10.4. The third-order valence-corrected chi connectivity index (χ3v) is 4.68. The standard InChI is InChI=1S/C22H31N3O2/c1-4-25(5-2)14-15-27-20-12-8-18(9-13-20)16-24-22(26)21(23)19-10-6-17(3)7-11-19/h6-13,21H,4-5,14-16,23H2,1-3H3,(H,24,26). The van der Waals surface area contributed by atoms with Crippen LogP contribution in [0.15, 0.2) is 48.5 Å². The summed E-state index contributed by atoms with van der Waals surface area (Å²) >= 11 is 0. The molecule has 5 nitrogen and oxygen atoms in total. The Hall–Kier alpha value is -2.37. The molecule has 0 aliphatic carbocycles. The summed E-state index contributed by atoms with van der Waals surface area (Å²) in [6, 6.07) is 14.8. The molecule has 1 unspecified atom stereocenters. The third-order valence-electron chi connectivity index (χ3n) is 4.68. The lowest BCUT2D eigenvalue weighted by atomic mass is 10.1. The third kappa shape index (κ3) is 6.70. The van der Waals surface area contributed by atoms with Gasteiger partial charge in [0.1, 0.15) is 18.4 Å². The largest absolute Gasteiger partial charge is 0.492 e. The Labute approximate surface area is 162 Å². The topological polar surface area (TPSA) is 67.6 Å². The van der Waals surface area contributed by atoms with E-state index in [-0.39, 0.29) is 5.91 Å². The monoisotopic (exact) mass is 369 g/mol. The van der Waals surface area contributed by atoms with Gasteiger partial charge in [0.05, 0.1) is 0 Å². The number of ether oxygens (including phenoxy) is 1. The summed E-state index contributed by atoms with van der Waals surface area (Å²) in [5.74, 6) is 0.659. The van der Waals surface area contributed by atoms with Crippen molar-refractivity contribution in [2.45, 2.75) is 33.4 Å². The molecule has 3 N–H and O–H groups in total. The maximum Gasteiger partial charge on any atom is 0.241 e. The lowest BCUT2D eigenvalue weighted by molar-refractivity contribution is -0.122. The number of rotatable bonds is 10. The first kappa shape index (κ1) is 20.9. The van der Waals surface area contributed by atoms with Crippen LogP contribution in [0.1, 0.15) is 36.6 Å². The fraction of sp³-hybridized carbons (Fsp3) is 0.409. The number of carbonyl (C=O) groups excluding carboxylic acids is 1. The van der Waals surface area contributed by atoms with Crippen LogP contribution in [-0.4, -0.2) is 37.0 Å². The number of nitrogens with one attached hydrogen (secondary N) is 1. The molecule has 1 amide bonds. The molecule has 0 fully saturated rings. The number of nitrogens with zero attached hydrogens (tertiary/aromatic N) is 1. The predicted octanol–water partition coefficient (Wildman–Crippen LogP) is 3.03. The van der Waals surface area contributed by atoms with Crippen molar-refractivity contribution < 1.29 is 9.53 Å². The van der Waals surface area contributed by atoms with Crippen LogP contribution in [0.5, 0.6) is 5.75 Å². The molecule has 0 saturated heterocycles. The highest BCUT2D eigenvalue weighted by Gasteiger charge is 2.15. The highest BCUT2D eigenvalue weighted by Crippen LogP contribution is 2.14. The maximum absolute atomic E-state index is 12.3. The fourth-order valence-electron chi connectivity index (χ4n) is 2.76. The van der Waals surface area contributed by atoms with Gasteiger partial charge in [-0.3, -0.25) is 4.79 Å². The van der Waals surface area contributed by atoms with E-state index in [2.05, 4.69) is 24.1 Å². The second kappa shape index (κ2) is 10.7. The summed E-state index contributed by atoms with van der Waals surface area (Å²) in [4.78, 5) is 14.6. The van der Waals surface area contributed by atoms with E-state index < -0.39 is 6.04 Å². The molecular weight excluding hydrogens is 338 g/mol. The average molecular weight is 370 g/mol. The van der Waals surface area contributed by atoms with Crippen molar-refractivity contribution in [3.63, 3.8) is 0 Å². The van der Waals surface area contributed by atoms with Gasteiger partial charge >= 0.3 is 0 Å². The Bertz CT molecular complexity index is 695. The fourth-order valence-corrected chi connectivity index (χ4v) is 2.76. The van der Waals surface area contributed by atoms with Gasteiger partial charge in [0.25, 0.3) is 0 Å². The normalized spacial score (nSPS) is 12.0. The van der Waals surface area contributed by atoms with Crippen LogP contribution in [0.3, 0.4) is 0 Å². The molecule has 0 saturated carbocycles. The van der Waals surface area contributed by atoms with Gasteiger partial charge in [0.2, 0.25) is 5.91 Å². The van der Waals surface area contributed by atoms with Crippen LogP contribution in [0.2, 0.25) is 0 Å². The van der Waals surface area contributed by atoms with E-state index in [0.717, 1.165) is 42.1 Å². The lowest BCUT2D eigenvalue weighted by Crippen LogP contribution is -2.33. The van der Waals surface area contributed by atoms with Crippen molar-refractivity contribution in [3.05, 3.63) is 65.2 Å². The number of hydrogen-bond acceptors (Lipinski definition) is 4. The molecule has 0 radical (unpaired) electrons. The molecule has 5 heteroatoms. The lowest BCUT2D eigenvalue weighted by Gasteiger charge is -2.18. The van der Waals surface area contributed by atoms with Crippen molar-refractivity contribution in [1.29, 1.82) is 0 Å². The van der Waals surface area contributed by atoms with Crippen LogP contribution < -0.4 is 15.8 Å². The number of amides is 1. The smallest absolute Gasteiger partial charge is 0.241 e. The van der Waals surface area contributed by atoms with E-state index in [0.29, 0.717) is 13.2 Å². The number of benzene rings is 2. The zero-order chi connectivity index (χ0) is 19.6. The highest BCUT2D eigenvalue weighted by atomic mass is 16.5. The van der Waals surface area contributed by atoms with Crippen molar-refractivity contribution in [2.75, 3.05) is 26.2 Å². The molecule has 0 spiro atoms. The second-order valence-corrected chi connectivity index (χ2v) is 6.63. The average Bonchev–Trinajstić information content (AvgIpc) is 2.70. The highest BCUT2D eigenvalue weighted by molar-refractivity contribution is 5.82. The van der Waals surface area contributed by atoms with Gasteiger partial charge in [-0.05, 0) is 43.3 Å². The van der Waals surface area contributed by atoms with E-state index >= 15 is 0 Å². The van der Waals surface area contributed by atoms with Crippen molar-refractivity contribution in [3.8, 4) is 5.75 Å². The molecular formula is C22H31N3O2. The van der Waals surface area contributed by atoms with Crippen molar-refractivity contribution in [1.82, 2.24) is 10.2 Å². The minimum absolute atomic E-state index is 0.182. The summed E-state index contributed by atoms with van der Waals surface area (Å²) in [5.41, 5.74) is 9.01. The maximum atomic E-state index is 12.3. The minimum atomic E-state index is -0.659. The molecule has 146 valence electrons. The van der Waals surface area contributed by atoms with E-state index in [1.54, 1.807) is 0 Å². The van der Waals surface area contributed by atoms with Gasteiger partial charge in [-0.1, -0.05) is 55.8 Å². The molecule has 1 atom stereocenters. The molecule has 0 aliphatic rings. The van der Waals surface area contributed by atoms with Crippen LogP contribution in [0, 0.1) is 6.92 Å². The summed E-state index contributed by atoms with van der Waals surface area (Å²) in [7, 11) is 0. The van der Waals surface area contributed by atoms with Crippen LogP contribution in [-0.2, 0) is 11.3 Å². The predicted molar refractivity (Wildman–Crippen MR) is 110 cm³/mol. The molecule has 2 rings (SSSR count).